The number of nitro groups is 1. The Bertz CT molecular complexity index is 412. The number of hydrogen-bond donors (Lipinski definition) is 2. The highest BCUT2D eigenvalue weighted by atomic mass is 16.6. The van der Waals surface area contributed by atoms with Gasteiger partial charge in [-0.05, 0) is 6.07 Å². The first kappa shape index (κ1) is 10.8. The summed E-state index contributed by atoms with van der Waals surface area (Å²) in [5.74, 6) is 0.183. The van der Waals surface area contributed by atoms with Crippen molar-refractivity contribution in [3.05, 3.63) is 28.3 Å². The van der Waals surface area contributed by atoms with Gasteiger partial charge in [0.1, 0.15) is 11.4 Å². The van der Waals surface area contributed by atoms with E-state index in [2.05, 4.69) is 4.99 Å². The highest BCUT2D eigenvalue weighted by molar-refractivity contribution is 5.80. The Kier molecular flexibility index (Phi) is 3.06. The Morgan fingerprint density at radius 2 is 2.20 bits per heavy atom. The molecule has 7 nitrogen and oxygen atoms in total. The van der Waals surface area contributed by atoms with Crippen LogP contribution in [0.25, 0.3) is 0 Å². The molecule has 0 bridgehead atoms. The number of aliphatic imine (C=N–C) groups is 1. The Labute approximate surface area is 85.5 Å². The van der Waals surface area contributed by atoms with Crippen molar-refractivity contribution in [2.45, 2.75) is 0 Å². The normalized spacial score (nSPS) is 9.40. The van der Waals surface area contributed by atoms with Crippen LogP contribution in [0.15, 0.2) is 23.2 Å². The van der Waals surface area contributed by atoms with Gasteiger partial charge in [0.15, 0.2) is 5.96 Å². The number of benzene rings is 1. The van der Waals surface area contributed by atoms with Crippen LogP contribution >= 0.6 is 0 Å². The van der Waals surface area contributed by atoms with E-state index in [1.807, 2.05) is 0 Å². The van der Waals surface area contributed by atoms with Gasteiger partial charge in [0.25, 0.3) is 5.69 Å². The van der Waals surface area contributed by atoms with Crippen molar-refractivity contribution in [2.75, 3.05) is 7.11 Å². The molecule has 0 heterocycles. The Morgan fingerprint density at radius 1 is 1.53 bits per heavy atom. The molecule has 4 N–H and O–H groups in total. The lowest BCUT2D eigenvalue weighted by Crippen LogP contribution is -2.21. The van der Waals surface area contributed by atoms with Gasteiger partial charge >= 0.3 is 0 Å². The van der Waals surface area contributed by atoms with Crippen LogP contribution in [0.2, 0.25) is 0 Å². The fraction of sp³-hybridized carbons (Fsp3) is 0.125. The average Bonchev–Trinajstić information content (AvgIpc) is 2.16. The highest BCUT2D eigenvalue weighted by Crippen LogP contribution is 2.30. The number of nitrogens with zero attached hydrogens (tertiary/aromatic N) is 2. The van der Waals surface area contributed by atoms with Crippen molar-refractivity contribution < 1.29 is 9.66 Å². The third-order valence-electron chi connectivity index (χ3n) is 1.62. The number of nitro benzene ring substituents is 1. The van der Waals surface area contributed by atoms with Gasteiger partial charge in [-0.1, -0.05) is 0 Å². The molecular weight excluding hydrogens is 200 g/mol. The zero-order valence-electron chi connectivity index (χ0n) is 8.01. The third kappa shape index (κ3) is 2.56. The topological polar surface area (TPSA) is 117 Å². The maximum Gasteiger partial charge on any atom is 0.271 e. The monoisotopic (exact) mass is 210 g/mol. The predicted octanol–water partition coefficient (Wildman–Crippen LogP) is 0.508. The molecule has 0 spiro atoms. The van der Waals surface area contributed by atoms with E-state index in [9.17, 15) is 10.1 Å². The second-order valence-electron chi connectivity index (χ2n) is 2.65. The molecule has 0 unspecified atom stereocenters. The van der Waals surface area contributed by atoms with E-state index in [1.165, 1.54) is 25.3 Å². The molecule has 1 aromatic carbocycles. The van der Waals surface area contributed by atoms with Gasteiger partial charge < -0.3 is 16.2 Å². The summed E-state index contributed by atoms with van der Waals surface area (Å²) in [6, 6.07) is 3.98. The first-order valence-electron chi connectivity index (χ1n) is 3.96. The molecule has 0 aliphatic heterocycles. The zero-order valence-corrected chi connectivity index (χ0v) is 8.01. The maximum atomic E-state index is 10.5. The van der Waals surface area contributed by atoms with Gasteiger partial charge in [0, 0.05) is 12.1 Å². The summed E-state index contributed by atoms with van der Waals surface area (Å²) >= 11 is 0. The summed E-state index contributed by atoms with van der Waals surface area (Å²) in [5.41, 5.74) is 10.5. The lowest BCUT2D eigenvalue weighted by Gasteiger charge is -2.03. The van der Waals surface area contributed by atoms with E-state index in [-0.39, 0.29) is 17.3 Å². The molecule has 1 aromatic rings. The highest BCUT2D eigenvalue weighted by Gasteiger charge is 2.10. The fourth-order valence-corrected chi connectivity index (χ4v) is 1.02. The van der Waals surface area contributed by atoms with Crippen molar-refractivity contribution >= 4 is 17.3 Å². The molecule has 1 rings (SSSR count). The van der Waals surface area contributed by atoms with E-state index >= 15 is 0 Å². The second-order valence-corrected chi connectivity index (χ2v) is 2.65. The van der Waals surface area contributed by atoms with Crippen LogP contribution in [0.3, 0.4) is 0 Å². The summed E-state index contributed by atoms with van der Waals surface area (Å²) in [4.78, 5) is 13.7. The van der Waals surface area contributed by atoms with Crippen LogP contribution < -0.4 is 16.2 Å². The lowest BCUT2D eigenvalue weighted by atomic mass is 10.2. The standard InChI is InChI=1S/C8H10N4O3/c1-15-7-3-2-5(12(13)14)4-6(7)11-8(9)10/h2-4H,1H3,(H4,9,10,11). The van der Waals surface area contributed by atoms with Gasteiger partial charge in [-0.15, -0.1) is 0 Å². The fourth-order valence-electron chi connectivity index (χ4n) is 1.02. The molecular formula is C8H10N4O3. The molecule has 7 heteroatoms. The minimum Gasteiger partial charge on any atom is -0.494 e. The first-order chi connectivity index (χ1) is 7.04. The van der Waals surface area contributed by atoms with Gasteiger partial charge in [0.05, 0.1) is 12.0 Å². The summed E-state index contributed by atoms with van der Waals surface area (Å²) in [6.07, 6.45) is 0. The molecule has 0 saturated carbocycles. The van der Waals surface area contributed by atoms with E-state index in [4.69, 9.17) is 16.2 Å². The minimum atomic E-state index is -0.537. The smallest absolute Gasteiger partial charge is 0.271 e. The van der Waals surface area contributed by atoms with Crippen LogP contribution in [0, 0.1) is 10.1 Å². The van der Waals surface area contributed by atoms with E-state index in [0.717, 1.165) is 0 Å². The Morgan fingerprint density at radius 3 is 2.67 bits per heavy atom. The van der Waals surface area contributed by atoms with Crippen molar-refractivity contribution in [3.63, 3.8) is 0 Å². The summed E-state index contributed by atoms with van der Waals surface area (Å²) < 4.78 is 4.94. The average molecular weight is 210 g/mol. The number of hydrogen-bond acceptors (Lipinski definition) is 4. The number of nitrogens with two attached hydrogens (primary N) is 2. The first-order valence-corrected chi connectivity index (χ1v) is 3.96. The van der Waals surface area contributed by atoms with Crippen LogP contribution in [-0.2, 0) is 0 Å². The van der Waals surface area contributed by atoms with E-state index in [1.54, 1.807) is 0 Å². The summed E-state index contributed by atoms with van der Waals surface area (Å²) in [6.45, 7) is 0. The van der Waals surface area contributed by atoms with Crippen LogP contribution in [0.5, 0.6) is 5.75 Å². The Balaban J connectivity index is 3.25. The summed E-state index contributed by atoms with van der Waals surface area (Å²) in [7, 11) is 1.42. The molecule has 0 radical (unpaired) electrons. The molecule has 80 valence electrons. The van der Waals surface area contributed by atoms with Crippen LogP contribution in [0.4, 0.5) is 11.4 Å². The van der Waals surface area contributed by atoms with Gasteiger partial charge in [-0.3, -0.25) is 10.1 Å². The van der Waals surface area contributed by atoms with Crippen LogP contribution in [0.1, 0.15) is 0 Å². The molecule has 0 atom stereocenters. The van der Waals surface area contributed by atoms with Gasteiger partial charge in [-0.2, -0.15) is 0 Å². The zero-order chi connectivity index (χ0) is 11.4. The number of ether oxygens (including phenoxy) is 1. The van der Waals surface area contributed by atoms with E-state index < -0.39 is 4.92 Å². The molecule has 0 amide bonds. The quantitative estimate of drug-likeness (QED) is 0.326. The molecule has 15 heavy (non-hydrogen) atoms. The molecule has 0 aliphatic carbocycles. The summed E-state index contributed by atoms with van der Waals surface area (Å²) in [5, 5.41) is 10.5. The third-order valence-corrected chi connectivity index (χ3v) is 1.62. The van der Waals surface area contributed by atoms with Crippen molar-refractivity contribution in [1.29, 1.82) is 0 Å². The molecule has 0 saturated heterocycles. The predicted molar refractivity (Wildman–Crippen MR) is 55.1 cm³/mol. The van der Waals surface area contributed by atoms with Gasteiger partial charge in [0.2, 0.25) is 0 Å². The van der Waals surface area contributed by atoms with Crippen molar-refractivity contribution in [2.24, 2.45) is 16.5 Å². The number of guanidine groups is 1. The molecule has 0 fully saturated rings. The SMILES string of the molecule is COc1ccc([N+](=O)[O-])cc1N=C(N)N. The lowest BCUT2D eigenvalue weighted by molar-refractivity contribution is -0.384. The largest absolute Gasteiger partial charge is 0.494 e. The van der Waals surface area contributed by atoms with Gasteiger partial charge in [-0.25, -0.2) is 4.99 Å². The molecule has 0 aromatic heterocycles. The molecule has 0 aliphatic rings. The number of methoxy groups -OCH3 is 1. The Hall–Kier alpha value is -2.31. The van der Waals surface area contributed by atoms with E-state index in [0.29, 0.717) is 5.75 Å². The van der Waals surface area contributed by atoms with Crippen LogP contribution in [-0.4, -0.2) is 18.0 Å². The van der Waals surface area contributed by atoms with Crippen molar-refractivity contribution in [3.8, 4) is 5.75 Å². The number of non-ortho nitro benzene ring substituents is 1. The van der Waals surface area contributed by atoms with Crippen molar-refractivity contribution in [1.82, 2.24) is 0 Å². The minimum absolute atomic E-state index is 0.101. The second kappa shape index (κ2) is 4.27. The maximum absolute atomic E-state index is 10.5. The number of rotatable bonds is 3.